The molecule has 0 bridgehead atoms. The summed E-state index contributed by atoms with van der Waals surface area (Å²) in [5.41, 5.74) is 3.23. The second kappa shape index (κ2) is 5.24. The van der Waals surface area contributed by atoms with Crippen molar-refractivity contribution in [1.82, 2.24) is 0 Å². The zero-order chi connectivity index (χ0) is 13.2. The van der Waals surface area contributed by atoms with E-state index < -0.39 is 0 Å². The van der Waals surface area contributed by atoms with Crippen molar-refractivity contribution in [2.24, 2.45) is 0 Å². The van der Waals surface area contributed by atoms with Crippen LogP contribution in [0.5, 0.6) is 0 Å². The van der Waals surface area contributed by atoms with Crippen molar-refractivity contribution in [1.29, 1.82) is 0 Å². The minimum Gasteiger partial charge on any atom is -0.463 e. The molecule has 0 saturated carbocycles. The highest BCUT2D eigenvalue weighted by Gasteiger charge is 2.12. The van der Waals surface area contributed by atoms with Gasteiger partial charge < -0.3 is 4.42 Å². The number of benzene rings is 2. The summed E-state index contributed by atoms with van der Waals surface area (Å²) in [5.74, 6) is 0.709. The molecule has 3 rings (SSSR count). The van der Waals surface area contributed by atoms with Gasteiger partial charge in [-0.2, -0.15) is 0 Å². The zero-order valence-corrected chi connectivity index (χ0v) is 12.3. The molecule has 3 heteroatoms. The fraction of sp³-hybridized carbons (Fsp3) is 0. The van der Waals surface area contributed by atoms with Crippen LogP contribution >= 0.6 is 27.5 Å². The lowest BCUT2D eigenvalue weighted by atomic mass is 9.98. The zero-order valence-electron chi connectivity index (χ0n) is 9.94. The van der Waals surface area contributed by atoms with Gasteiger partial charge in [-0.15, -0.1) is 0 Å². The molecule has 0 N–H and O–H groups in total. The summed E-state index contributed by atoms with van der Waals surface area (Å²) in [4.78, 5) is 0. The molecule has 1 nitrogen and oxygen atoms in total. The van der Waals surface area contributed by atoms with Gasteiger partial charge in [-0.05, 0) is 29.3 Å². The van der Waals surface area contributed by atoms with Gasteiger partial charge in [-0.1, -0.05) is 63.9 Å². The molecule has 0 amide bonds. The number of hydrogen-bond acceptors (Lipinski definition) is 1. The Morgan fingerprint density at radius 3 is 2.16 bits per heavy atom. The van der Waals surface area contributed by atoms with Crippen molar-refractivity contribution in [3.8, 4) is 22.5 Å². The third kappa shape index (κ3) is 2.46. The Bertz CT molecular complexity index is 701. The van der Waals surface area contributed by atoms with Gasteiger partial charge >= 0.3 is 0 Å². The van der Waals surface area contributed by atoms with Crippen LogP contribution in [0.3, 0.4) is 0 Å². The Morgan fingerprint density at radius 1 is 0.842 bits per heavy atom. The van der Waals surface area contributed by atoms with Crippen LogP contribution in [0.2, 0.25) is 5.02 Å². The smallest absolute Gasteiger partial charge is 0.153 e. The summed E-state index contributed by atoms with van der Waals surface area (Å²) >= 11 is 9.60. The fourth-order valence-corrected chi connectivity index (χ4v) is 2.51. The van der Waals surface area contributed by atoms with E-state index in [1.165, 1.54) is 0 Å². The van der Waals surface area contributed by atoms with Gasteiger partial charge in [0.25, 0.3) is 0 Å². The highest BCUT2D eigenvalue weighted by molar-refractivity contribution is 9.10. The van der Waals surface area contributed by atoms with Gasteiger partial charge in [0.1, 0.15) is 0 Å². The molecule has 0 saturated heterocycles. The second-order valence-corrected chi connectivity index (χ2v) is 5.47. The summed E-state index contributed by atoms with van der Waals surface area (Å²) in [6.45, 7) is 0. The number of furan rings is 1. The first-order valence-electron chi connectivity index (χ1n) is 5.84. The molecular weight excluding hydrogens is 324 g/mol. The van der Waals surface area contributed by atoms with Gasteiger partial charge in [-0.25, -0.2) is 0 Å². The third-order valence-corrected chi connectivity index (χ3v) is 3.77. The second-order valence-electron chi connectivity index (χ2n) is 4.15. The minimum atomic E-state index is 0.629. The molecule has 0 spiro atoms. The van der Waals surface area contributed by atoms with E-state index in [2.05, 4.69) is 34.1 Å². The maximum Gasteiger partial charge on any atom is 0.153 e. The Balaban J connectivity index is 2.18. The molecule has 3 aromatic rings. The molecule has 2 aromatic carbocycles. The predicted octanol–water partition coefficient (Wildman–Crippen LogP) is 6.03. The quantitative estimate of drug-likeness (QED) is 0.558. The number of halogens is 2. The van der Waals surface area contributed by atoms with E-state index in [-0.39, 0.29) is 0 Å². The van der Waals surface area contributed by atoms with E-state index in [1.54, 1.807) is 12.3 Å². The summed E-state index contributed by atoms with van der Waals surface area (Å²) < 4.78 is 6.55. The average molecular weight is 334 g/mol. The molecule has 0 unspecified atom stereocenters. The van der Waals surface area contributed by atoms with Crippen LogP contribution in [0.25, 0.3) is 22.5 Å². The van der Waals surface area contributed by atoms with Crippen molar-refractivity contribution in [3.05, 3.63) is 70.4 Å². The SMILES string of the molecule is Clc1ccoc1-c1ccccc1-c1ccc(Br)cc1. The average Bonchev–Trinajstić information content (AvgIpc) is 2.86. The number of hydrogen-bond donors (Lipinski definition) is 0. The van der Waals surface area contributed by atoms with Crippen molar-refractivity contribution >= 4 is 27.5 Å². The normalized spacial score (nSPS) is 10.6. The van der Waals surface area contributed by atoms with E-state index >= 15 is 0 Å². The van der Waals surface area contributed by atoms with Crippen molar-refractivity contribution in [3.63, 3.8) is 0 Å². The molecule has 0 fully saturated rings. The van der Waals surface area contributed by atoms with Gasteiger partial charge in [0, 0.05) is 10.0 Å². The van der Waals surface area contributed by atoms with Gasteiger partial charge in [0.2, 0.25) is 0 Å². The Hall–Kier alpha value is -1.51. The lowest BCUT2D eigenvalue weighted by Gasteiger charge is -2.08. The van der Waals surface area contributed by atoms with Gasteiger partial charge in [0.15, 0.2) is 5.76 Å². The topological polar surface area (TPSA) is 13.1 Å². The lowest BCUT2D eigenvalue weighted by molar-refractivity contribution is 0.582. The summed E-state index contributed by atoms with van der Waals surface area (Å²) in [7, 11) is 0. The van der Waals surface area contributed by atoms with Crippen LogP contribution in [0.15, 0.2) is 69.8 Å². The molecule has 0 aliphatic heterocycles. The van der Waals surface area contributed by atoms with Crippen LogP contribution in [0.1, 0.15) is 0 Å². The molecule has 94 valence electrons. The maximum atomic E-state index is 6.16. The van der Waals surface area contributed by atoms with Crippen LogP contribution < -0.4 is 0 Å². The van der Waals surface area contributed by atoms with Gasteiger partial charge in [0.05, 0.1) is 11.3 Å². The summed E-state index contributed by atoms with van der Waals surface area (Å²) in [6.07, 6.45) is 1.61. The van der Waals surface area contributed by atoms with Crippen LogP contribution in [-0.4, -0.2) is 0 Å². The highest BCUT2D eigenvalue weighted by Crippen LogP contribution is 2.36. The first-order chi connectivity index (χ1) is 9.25. The van der Waals surface area contributed by atoms with E-state index in [0.717, 1.165) is 21.2 Å². The molecule has 0 aliphatic rings. The molecule has 1 aromatic heterocycles. The Labute approximate surface area is 125 Å². The Kier molecular flexibility index (Phi) is 3.45. The summed E-state index contributed by atoms with van der Waals surface area (Å²) in [6, 6.07) is 18.0. The lowest BCUT2D eigenvalue weighted by Crippen LogP contribution is -1.83. The number of rotatable bonds is 2. The maximum absolute atomic E-state index is 6.16. The van der Waals surface area contributed by atoms with E-state index in [4.69, 9.17) is 16.0 Å². The largest absolute Gasteiger partial charge is 0.463 e. The molecule has 19 heavy (non-hydrogen) atoms. The van der Waals surface area contributed by atoms with Crippen molar-refractivity contribution < 1.29 is 4.42 Å². The highest BCUT2D eigenvalue weighted by atomic mass is 79.9. The van der Waals surface area contributed by atoms with Crippen LogP contribution in [-0.2, 0) is 0 Å². The van der Waals surface area contributed by atoms with E-state index in [9.17, 15) is 0 Å². The minimum absolute atomic E-state index is 0.629. The van der Waals surface area contributed by atoms with Gasteiger partial charge in [-0.3, -0.25) is 0 Å². The van der Waals surface area contributed by atoms with E-state index in [0.29, 0.717) is 10.8 Å². The third-order valence-electron chi connectivity index (χ3n) is 2.94. The summed E-state index contributed by atoms with van der Waals surface area (Å²) in [5, 5.41) is 0.629. The molecule has 0 radical (unpaired) electrons. The predicted molar refractivity (Wildman–Crippen MR) is 82.3 cm³/mol. The fourth-order valence-electron chi connectivity index (χ4n) is 2.05. The monoisotopic (exact) mass is 332 g/mol. The van der Waals surface area contributed by atoms with Crippen LogP contribution in [0, 0.1) is 0 Å². The molecular formula is C16H10BrClO. The standard InChI is InChI=1S/C16H10BrClO/c17-12-7-5-11(6-8-12)13-3-1-2-4-14(13)16-15(18)9-10-19-16/h1-10H. The van der Waals surface area contributed by atoms with Crippen molar-refractivity contribution in [2.45, 2.75) is 0 Å². The van der Waals surface area contributed by atoms with Crippen molar-refractivity contribution in [2.75, 3.05) is 0 Å². The van der Waals surface area contributed by atoms with E-state index in [1.807, 2.05) is 30.3 Å². The molecule has 0 aliphatic carbocycles. The Morgan fingerprint density at radius 2 is 1.53 bits per heavy atom. The first kappa shape index (κ1) is 12.5. The first-order valence-corrected chi connectivity index (χ1v) is 7.01. The molecule has 1 heterocycles. The van der Waals surface area contributed by atoms with Crippen LogP contribution in [0.4, 0.5) is 0 Å². The molecule has 0 atom stereocenters.